The largest absolute Gasteiger partial charge is 0.345 e. The average molecular weight is 236 g/mol. The van der Waals surface area contributed by atoms with E-state index < -0.39 is 0 Å². The molecule has 2 fully saturated rings. The topological polar surface area (TPSA) is 33.2 Å². The Morgan fingerprint density at radius 3 is 3.06 bits per heavy atom. The molecule has 1 aromatic rings. The molecule has 1 aliphatic carbocycles. The lowest BCUT2D eigenvalue weighted by Crippen LogP contribution is -2.34. The Kier molecular flexibility index (Phi) is 2.67. The molecule has 0 radical (unpaired) electrons. The fraction of sp³-hybridized carbons (Fsp3) is 0.667. The second-order valence-electron chi connectivity index (χ2n) is 4.76. The van der Waals surface area contributed by atoms with Crippen LogP contribution in [0.15, 0.2) is 6.20 Å². The Morgan fingerprint density at radius 1 is 1.38 bits per heavy atom. The van der Waals surface area contributed by atoms with Crippen LogP contribution in [0.5, 0.6) is 0 Å². The second kappa shape index (κ2) is 4.17. The minimum absolute atomic E-state index is 0.694. The molecule has 0 spiro atoms. The lowest BCUT2D eigenvalue weighted by Gasteiger charge is -2.31. The molecule has 0 bridgehead atoms. The van der Waals surface area contributed by atoms with Crippen LogP contribution in [-0.2, 0) is 0 Å². The zero-order valence-corrected chi connectivity index (χ0v) is 10.1. The Hall–Kier alpha value is -0.900. The van der Waals surface area contributed by atoms with Gasteiger partial charge in [-0.25, -0.2) is 4.98 Å². The Labute approximate surface area is 99.5 Å². The third kappa shape index (κ3) is 1.65. The summed E-state index contributed by atoms with van der Waals surface area (Å²) in [6, 6.07) is 0.694. The molecule has 1 saturated heterocycles. The van der Waals surface area contributed by atoms with E-state index in [1.165, 1.54) is 43.4 Å². The number of hydrogen-bond donors (Lipinski definition) is 0. The van der Waals surface area contributed by atoms with Gasteiger partial charge in [0.1, 0.15) is 0 Å². The van der Waals surface area contributed by atoms with Gasteiger partial charge in [0.25, 0.3) is 0 Å². The first-order valence-electron chi connectivity index (χ1n) is 6.06. The van der Waals surface area contributed by atoms with E-state index in [1.807, 2.05) is 0 Å². The number of anilines is 1. The number of rotatable bonds is 2. The van der Waals surface area contributed by atoms with Gasteiger partial charge in [0, 0.05) is 12.6 Å². The van der Waals surface area contributed by atoms with Crippen LogP contribution < -0.4 is 4.90 Å². The smallest absolute Gasteiger partial charge is 0.186 e. The molecule has 0 N–H and O–H groups in total. The van der Waals surface area contributed by atoms with Gasteiger partial charge in [-0.2, -0.15) is 0 Å². The van der Waals surface area contributed by atoms with E-state index in [1.54, 1.807) is 6.20 Å². The van der Waals surface area contributed by atoms with E-state index in [4.69, 9.17) is 0 Å². The molecule has 2 unspecified atom stereocenters. The van der Waals surface area contributed by atoms with Crippen LogP contribution in [0.4, 0.5) is 5.13 Å². The molecular weight excluding hydrogens is 220 g/mol. The highest BCUT2D eigenvalue weighted by Gasteiger charge is 2.36. The molecule has 4 heteroatoms. The Morgan fingerprint density at radius 2 is 2.25 bits per heavy atom. The van der Waals surface area contributed by atoms with Crippen molar-refractivity contribution in [3.05, 3.63) is 11.1 Å². The Balaban J connectivity index is 1.81. The van der Waals surface area contributed by atoms with Crippen LogP contribution in [0.2, 0.25) is 0 Å². The van der Waals surface area contributed by atoms with E-state index in [2.05, 4.69) is 9.88 Å². The van der Waals surface area contributed by atoms with Crippen molar-refractivity contribution in [1.29, 1.82) is 0 Å². The van der Waals surface area contributed by atoms with Crippen LogP contribution in [0.3, 0.4) is 0 Å². The minimum atomic E-state index is 0.694. The van der Waals surface area contributed by atoms with Crippen molar-refractivity contribution in [3.63, 3.8) is 0 Å². The van der Waals surface area contributed by atoms with Crippen molar-refractivity contribution in [2.45, 2.75) is 38.1 Å². The highest BCUT2D eigenvalue weighted by Crippen LogP contribution is 2.39. The summed E-state index contributed by atoms with van der Waals surface area (Å²) in [5.74, 6) is 0.873. The number of fused-ring (bicyclic) bond motifs is 1. The molecule has 2 heterocycles. The maximum absolute atomic E-state index is 10.7. The molecule has 1 aliphatic heterocycles. The average Bonchev–Trinajstić information content (AvgIpc) is 2.94. The van der Waals surface area contributed by atoms with E-state index in [0.29, 0.717) is 6.04 Å². The molecule has 3 rings (SSSR count). The minimum Gasteiger partial charge on any atom is -0.345 e. The molecule has 86 valence electrons. The van der Waals surface area contributed by atoms with Gasteiger partial charge in [-0.05, 0) is 25.2 Å². The van der Waals surface area contributed by atoms with Gasteiger partial charge in [0.05, 0.1) is 11.1 Å². The van der Waals surface area contributed by atoms with Crippen LogP contribution >= 0.6 is 11.3 Å². The maximum atomic E-state index is 10.7. The number of thiazole rings is 1. The first kappa shape index (κ1) is 10.3. The van der Waals surface area contributed by atoms with Crippen molar-refractivity contribution in [2.24, 2.45) is 5.92 Å². The van der Waals surface area contributed by atoms with Crippen LogP contribution in [0, 0.1) is 5.92 Å². The number of carbonyl (C=O) groups excluding carboxylic acids is 1. The van der Waals surface area contributed by atoms with Gasteiger partial charge in [-0.3, -0.25) is 4.79 Å². The zero-order valence-electron chi connectivity index (χ0n) is 9.26. The number of hydrogen-bond acceptors (Lipinski definition) is 4. The Bertz CT molecular complexity index is 390. The van der Waals surface area contributed by atoms with E-state index >= 15 is 0 Å². The molecule has 1 saturated carbocycles. The number of aromatic nitrogens is 1. The predicted octanol–water partition coefficient (Wildman–Crippen LogP) is 2.72. The van der Waals surface area contributed by atoms with Crippen LogP contribution in [0.25, 0.3) is 0 Å². The van der Waals surface area contributed by atoms with Gasteiger partial charge < -0.3 is 4.90 Å². The van der Waals surface area contributed by atoms with E-state index in [-0.39, 0.29) is 0 Å². The summed E-state index contributed by atoms with van der Waals surface area (Å²) in [7, 11) is 0. The molecule has 3 nitrogen and oxygen atoms in total. The van der Waals surface area contributed by atoms with Crippen molar-refractivity contribution >= 4 is 22.8 Å². The monoisotopic (exact) mass is 236 g/mol. The highest BCUT2D eigenvalue weighted by molar-refractivity contribution is 7.17. The predicted molar refractivity (Wildman–Crippen MR) is 65.2 cm³/mol. The summed E-state index contributed by atoms with van der Waals surface area (Å²) >= 11 is 1.53. The zero-order chi connectivity index (χ0) is 11.0. The van der Waals surface area contributed by atoms with Gasteiger partial charge >= 0.3 is 0 Å². The van der Waals surface area contributed by atoms with Crippen LogP contribution in [0.1, 0.15) is 41.8 Å². The molecule has 1 aromatic heterocycles. The normalized spacial score (nSPS) is 29.1. The van der Waals surface area contributed by atoms with E-state index in [0.717, 1.165) is 28.8 Å². The van der Waals surface area contributed by atoms with Crippen molar-refractivity contribution in [3.8, 4) is 0 Å². The first-order chi connectivity index (χ1) is 7.88. The molecule has 2 aliphatic rings. The fourth-order valence-corrected chi connectivity index (χ4v) is 3.92. The quantitative estimate of drug-likeness (QED) is 0.740. The summed E-state index contributed by atoms with van der Waals surface area (Å²) in [4.78, 5) is 18.2. The fourth-order valence-electron chi connectivity index (χ4n) is 3.11. The highest BCUT2D eigenvalue weighted by atomic mass is 32.1. The number of aldehydes is 1. The lowest BCUT2D eigenvalue weighted by atomic mass is 9.85. The van der Waals surface area contributed by atoms with Crippen molar-refractivity contribution in [2.75, 3.05) is 11.4 Å². The van der Waals surface area contributed by atoms with Gasteiger partial charge in [0.2, 0.25) is 0 Å². The first-order valence-corrected chi connectivity index (χ1v) is 6.88. The van der Waals surface area contributed by atoms with Gasteiger partial charge in [0.15, 0.2) is 11.4 Å². The van der Waals surface area contributed by atoms with E-state index in [9.17, 15) is 4.79 Å². The number of carbonyl (C=O) groups is 1. The summed E-state index contributed by atoms with van der Waals surface area (Å²) in [6.45, 7) is 1.13. The van der Waals surface area contributed by atoms with Gasteiger partial charge in [-0.15, -0.1) is 0 Å². The molecule has 16 heavy (non-hydrogen) atoms. The molecule has 0 aromatic carbocycles. The molecule has 2 atom stereocenters. The molecular formula is C12H16N2OS. The molecule has 0 amide bonds. The standard InChI is InChI=1S/C12H16N2OS/c15-8-10-7-13-12(16-10)14-6-5-9-3-1-2-4-11(9)14/h7-9,11H,1-6H2. The maximum Gasteiger partial charge on any atom is 0.186 e. The third-order valence-corrected chi connectivity index (χ3v) is 4.84. The summed E-state index contributed by atoms with van der Waals surface area (Å²) in [5, 5.41) is 1.05. The summed E-state index contributed by atoms with van der Waals surface area (Å²) in [6.07, 6.45) is 9.34. The summed E-state index contributed by atoms with van der Waals surface area (Å²) < 4.78 is 0. The summed E-state index contributed by atoms with van der Waals surface area (Å²) in [5.41, 5.74) is 0. The van der Waals surface area contributed by atoms with Crippen LogP contribution in [-0.4, -0.2) is 23.9 Å². The number of nitrogens with zero attached hydrogens (tertiary/aromatic N) is 2. The SMILES string of the molecule is O=Cc1cnc(N2CCC3CCCCC32)s1. The third-order valence-electron chi connectivity index (χ3n) is 3.88. The lowest BCUT2D eigenvalue weighted by molar-refractivity contribution is 0.112. The van der Waals surface area contributed by atoms with Crippen molar-refractivity contribution in [1.82, 2.24) is 4.98 Å². The second-order valence-corrected chi connectivity index (χ2v) is 5.80. The van der Waals surface area contributed by atoms with Gasteiger partial charge in [-0.1, -0.05) is 24.2 Å². The van der Waals surface area contributed by atoms with Crippen molar-refractivity contribution < 1.29 is 4.79 Å².